The number of benzene rings is 1. The van der Waals surface area contributed by atoms with Crippen LogP contribution in [0.2, 0.25) is 0 Å². The third-order valence-corrected chi connectivity index (χ3v) is 6.62. The summed E-state index contributed by atoms with van der Waals surface area (Å²) in [5.41, 5.74) is 3.56. The Morgan fingerprint density at radius 3 is 2.94 bits per heavy atom. The number of unbranched alkanes of at least 4 members (excludes halogenated alkanes) is 1. The summed E-state index contributed by atoms with van der Waals surface area (Å²) in [5, 5.41) is 17.4. The summed E-state index contributed by atoms with van der Waals surface area (Å²) in [6.07, 6.45) is 13.0. The molecule has 3 rings (SSSR count). The van der Waals surface area contributed by atoms with E-state index in [9.17, 15) is 9.90 Å². The maximum atomic E-state index is 12.3. The number of hydrogen-bond acceptors (Lipinski definition) is 5. The highest BCUT2D eigenvalue weighted by atomic mass is 16.5. The van der Waals surface area contributed by atoms with Gasteiger partial charge in [0.1, 0.15) is 5.75 Å². The van der Waals surface area contributed by atoms with Crippen LogP contribution in [-0.2, 0) is 4.74 Å². The number of phenols is 1. The molecule has 2 aliphatic rings. The van der Waals surface area contributed by atoms with Crippen molar-refractivity contribution in [1.82, 2.24) is 10.7 Å². The lowest BCUT2D eigenvalue weighted by Gasteiger charge is -2.40. The summed E-state index contributed by atoms with van der Waals surface area (Å²) in [6, 6.07) is 4.72. The van der Waals surface area contributed by atoms with E-state index >= 15 is 0 Å². The molecule has 1 aliphatic heterocycles. The molecule has 4 atom stereocenters. The Kier molecular flexibility index (Phi) is 8.98. The molecule has 1 aromatic carbocycles. The molecule has 8 heteroatoms. The Labute approximate surface area is 202 Å². The van der Waals surface area contributed by atoms with Gasteiger partial charge in [-0.3, -0.25) is 4.79 Å². The van der Waals surface area contributed by atoms with Crippen LogP contribution in [0.5, 0.6) is 5.75 Å². The molecule has 184 valence electrons. The zero-order chi connectivity index (χ0) is 24.6. The van der Waals surface area contributed by atoms with Crippen LogP contribution in [0.1, 0.15) is 63.2 Å². The average Bonchev–Trinajstić information content (AvgIpc) is 2.92. The van der Waals surface area contributed by atoms with Crippen LogP contribution in [-0.4, -0.2) is 49.2 Å². The Bertz CT molecular complexity index is 971. The Morgan fingerprint density at radius 1 is 1.41 bits per heavy atom. The predicted octanol–water partition coefficient (Wildman–Crippen LogP) is 4.58. The van der Waals surface area contributed by atoms with E-state index in [0.717, 1.165) is 32.1 Å². The molecule has 0 saturated heterocycles. The first-order valence-electron chi connectivity index (χ1n) is 12.1. The van der Waals surface area contributed by atoms with Gasteiger partial charge < -0.3 is 15.2 Å². The van der Waals surface area contributed by atoms with Crippen LogP contribution < -0.4 is 10.7 Å². The Hall–Kier alpha value is -3.00. The summed E-state index contributed by atoms with van der Waals surface area (Å²) >= 11 is 0. The first-order chi connectivity index (χ1) is 16.4. The van der Waals surface area contributed by atoms with E-state index < -0.39 is 0 Å². The van der Waals surface area contributed by atoms with E-state index in [2.05, 4.69) is 58.8 Å². The monoisotopic (exact) mass is 467 g/mol. The Morgan fingerprint density at radius 2 is 2.24 bits per heavy atom. The molecule has 1 amide bonds. The first-order valence-corrected chi connectivity index (χ1v) is 12.1. The van der Waals surface area contributed by atoms with Crippen LogP contribution in [0.3, 0.4) is 0 Å². The van der Waals surface area contributed by atoms with Crippen molar-refractivity contribution < 1.29 is 14.6 Å². The van der Waals surface area contributed by atoms with Crippen molar-refractivity contribution in [2.75, 3.05) is 13.7 Å². The normalized spacial score (nSPS) is 29.1. The summed E-state index contributed by atoms with van der Waals surface area (Å²) < 4.78 is 5.57. The van der Waals surface area contributed by atoms with Gasteiger partial charge in [0.2, 0.25) is 5.96 Å². The van der Waals surface area contributed by atoms with Crippen LogP contribution >= 0.6 is 0 Å². The molecule has 0 spiro atoms. The largest absolute Gasteiger partial charge is 0.507 e. The first kappa shape index (κ1) is 25.6. The zero-order valence-electron chi connectivity index (χ0n) is 20.6. The van der Waals surface area contributed by atoms with Crippen LogP contribution in [0.15, 0.2) is 45.4 Å². The fourth-order valence-corrected chi connectivity index (χ4v) is 4.59. The standard InChI is InChI=1S/C26H37N5O3/c1-5-6-13-27-24(33)21-10-9-20(15-22(21)32)30-25-28-17-19(8-7-14-29-31-25)26(3)12-11-23(34-4)18(2)16-26/h9-12,14-15,17-19,23,32H,5-8,13,16H2,1-4H3,(H,27,33)(H,30,31)/b28-17?,29-14-. The van der Waals surface area contributed by atoms with Gasteiger partial charge in [-0.2, -0.15) is 5.10 Å². The van der Waals surface area contributed by atoms with E-state index in [-0.39, 0.29) is 34.7 Å². The third kappa shape index (κ3) is 6.53. The number of ether oxygens (including phenoxy) is 1. The van der Waals surface area contributed by atoms with Gasteiger partial charge in [0.25, 0.3) is 5.91 Å². The molecule has 34 heavy (non-hydrogen) atoms. The summed E-state index contributed by atoms with van der Waals surface area (Å²) in [5.74, 6) is 0.541. The minimum atomic E-state index is -0.296. The minimum absolute atomic E-state index is 0.0354. The molecule has 3 N–H and O–H groups in total. The smallest absolute Gasteiger partial charge is 0.255 e. The molecule has 1 heterocycles. The van der Waals surface area contributed by atoms with Gasteiger partial charge in [0.05, 0.1) is 17.4 Å². The number of rotatable bonds is 7. The van der Waals surface area contributed by atoms with Crippen molar-refractivity contribution in [3.63, 3.8) is 0 Å². The van der Waals surface area contributed by atoms with Gasteiger partial charge in [-0.25, -0.2) is 15.4 Å². The second-order valence-electron chi connectivity index (χ2n) is 9.38. The summed E-state index contributed by atoms with van der Waals surface area (Å²) in [7, 11) is 1.75. The van der Waals surface area contributed by atoms with Crippen LogP contribution in [0.25, 0.3) is 0 Å². The number of carbonyl (C=O) groups excluding carboxylic acids is 1. The number of nitrogens with one attached hydrogen (secondary N) is 2. The summed E-state index contributed by atoms with van der Waals surface area (Å²) in [6.45, 7) is 7.12. The number of aliphatic imine (C=N–C) groups is 2. The number of hydrogen-bond donors (Lipinski definition) is 3. The van der Waals surface area contributed by atoms with E-state index in [4.69, 9.17) is 4.74 Å². The van der Waals surface area contributed by atoms with Crippen molar-refractivity contribution in [2.24, 2.45) is 32.3 Å². The fraction of sp³-hybridized carbons (Fsp3) is 0.538. The number of guanidine groups is 1. The van der Waals surface area contributed by atoms with E-state index in [1.54, 1.807) is 19.2 Å². The SMILES string of the molecule is CCCCNC(=O)c1ccc(N=C2N=CC(C3(C)C=CC(OC)C(C)C3)CC/C=N\N2)cc1O. The van der Waals surface area contributed by atoms with Crippen molar-refractivity contribution in [3.8, 4) is 5.75 Å². The van der Waals surface area contributed by atoms with Gasteiger partial charge in [-0.05, 0) is 49.1 Å². The number of nitrogens with zero attached hydrogens (tertiary/aromatic N) is 3. The van der Waals surface area contributed by atoms with Gasteiger partial charge in [0.15, 0.2) is 0 Å². The lowest BCUT2D eigenvalue weighted by Crippen LogP contribution is -2.36. The number of allylic oxidation sites excluding steroid dienone is 1. The van der Waals surface area contributed by atoms with Crippen LogP contribution in [0.4, 0.5) is 5.69 Å². The molecule has 1 aliphatic carbocycles. The fourth-order valence-electron chi connectivity index (χ4n) is 4.59. The molecular formula is C26H37N5O3. The number of methoxy groups -OCH3 is 1. The predicted molar refractivity (Wildman–Crippen MR) is 137 cm³/mol. The Balaban J connectivity index is 1.79. The second-order valence-corrected chi connectivity index (χ2v) is 9.38. The van der Waals surface area contributed by atoms with Crippen molar-refractivity contribution in [2.45, 2.75) is 59.0 Å². The molecule has 0 fully saturated rings. The number of aromatic hydroxyl groups is 1. The molecule has 4 unspecified atom stereocenters. The van der Waals surface area contributed by atoms with Crippen molar-refractivity contribution in [1.29, 1.82) is 0 Å². The van der Waals surface area contributed by atoms with Gasteiger partial charge in [-0.15, -0.1) is 0 Å². The number of hydrazone groups is 1. The molecule has 8 nitrogen and oxygen atoms in total. The maximum Gasteiger partial charge on any atom is 0.255 e. The van der Waals surface area contributed by atoms with Crippen molar-refractivity contribution >= 4 is 30.0 Å². The molecule has 0 saturated carbocycles. The highest BCUT2D eigenvalue weighted by Gasteiger charge is 2.37. The quantitative estimate of drug-likeness (QED) is 0.403. The third-order valence-electron chi connectivity index (χ3n) is 6.62. The average molecular weight is 468 g/mol. The molecule has 0 aromatic heterocycles. The van der Waals surface area contributed by atoms with Gasteiger partial charge in [-0.1, -0.05) is 39.3 Å². The van der Waals surface area contributed by atoms with E-state index in [1.165, 1.54) is 6.07 Å². The highest BCUT2D eigenvalue weighted by molar-refractivity contribution is 5.97. The number of amides is 1. The highest BCUT2D eigenvalue weighted by Crippen LogP contribution is 2.42. The lowest BCUT2D eigenvalue weighted by molar-refractivity contribution is 0.0610. The minimum Gasteiger partial charge on any atom is -0.507 e. The van der Waals surface area contributed by atoms with Gasteiger partial charge in [0, 0.05) is 38.1 Å². The zero-order valence-corrected chi connectivity index (χ0v) is 20.6. The summed E-state index contributed by atoms with van der Waals surface area (Å²) in [4.78, 5) is 21.4. The lowest BCUT2D eigenvalue weighted by atomic mass is 9.66. The van der Waals surface area contributed by atoms with E-state index in [1.807, 2.05) is 12.4 Å². The van der Waals surface area contributed by atoms with Gasteiger partial charge >= 0.3 is 0 Å². The molecule has 0 radical (unpaired) electrons. The topological polar surface area (TPSA) is 108 Å². The van der Waals surface area contributed by atoms with E-state index in [0.29, 0.717) is 24.1 Å². The molecule has 0 bridgehead atoms. The van der Waals surface area contributed by atoms with Crippen molar-refractivity contribution in [3.05, 3.63) is 35.9 Å². The number of phenolic OH excluding ortho intramolecular Hbond substituents is 1. The number of carbonyl (C=O) groups is 1. The van der Waals surface area contributed by atoms with Crippen LogP contribution in [0, 0.1) is 17.3 Å². The maximum absolute atomic E-state index is 12.3. The molecular weight excluding hydrogens is 430 g/mol. The molecule has 1 aromatic rings. The second kappa shape index (κ2) is 11.9.